The maximum absolute atomic E-state index is 5.60. The highest BCUT2D eigenvalue weighted by Gasteiger charge is 2.21. The monoisotopic (exact) mass is 305 g/mol. The molecule has 1 unspecified atom stereocenters. The molecule has 2 aromatic rings. The molecule has 0 spiro atoms. The quantitative estimate of drug-likeness (QED) is 0.833. The van der Waals surface area contributed by atoms with Gasteiger partial charge in [0.2, 0.25) is 0 Å². The Morgan fingerprint density at radius 3 is 2.52 bits per heavy atom. The van der Waals surface area contributed by atoms with Gasteiger partial charge >= 0.3 is 0 Å². The molecule has 114 valence electrons. The number of nitrogens with one attached hydrogen (secondary N) is 1. The van der Waals surface area contributed by atoms with Crippen molar-refractivity contribution < 1.29 is 9.47 Å². The van der Waals surface area contributed by atoms with E-state index in [1.54, 1.807) is 14.2 Å². The van der Waals surface area contributed by atoms with Crippen molar-refractivity contribution in [1.82, 2.24) is 5.32 Å². The van der Waals surface area contributed by atoms with Gasteiger partial charge in [-0.25, -0.2) is 0 Å². The first-order chi connectivity index (χ1) is 10.2. The van der Waals surface area contributed by atoms with Crippen molar-refractivity contribution in [2.75, 3.05) is 20.8 Å². The molecule has 0 fully saturated rings. The van der Waals surface area contributed by atoms with E-state index in [1.807, 2.05) is 23.5 Å². The zero-order chi connectivity index (χ0) is 15.2. The number of benzene rings is 1. The van der Waals surface area contributed by atoms with E-state index < -0.39 is 0 Å². The Morgan fingerprint density at radius 2 is 1.95 bits per heavy atom. The highest BCUT2D eigenvalue weighted by molar-refractivity contribution is 7.12. The number of hydrogen-bond donors (Lipinski definition) is 1. The highest BCUT2D eigenvalue weighted by atomic mass is 32.1. The zero-order valence-corrected chi connectivity index (χ0v) is 13.9. The first-order valence-corrected chi connectivity index (χ1v) is 8.03. The molecule has 0 aliphatic heterocycles. The third-order valence-electron chi connectivity index (χ3n) is 3.39. The Bertz CT molecular complexity index is 580. The number of hydrogen-bond acceptors (Lipinski definition) is 4. The number of thiophene rings is 1. The summed E-state index contributed by atoms with van der Waals surface area (Å²) in [6.45, 7) is 5.27. The summed E-state index contributed by atoms with van der Waals surface area (Å²) in [5.74, 6) is 1.58. The van der Waals surface area contributed by atoms with Crippen LogP contribution in [0.1, 0.15) is 34.7 Å². The van der Waals surface area contributed by atoms with Crippen LogP contribution < -0.4 is 14.8 Å². The summed E-state index contributed by atoms with van der Waals surface area (Å²) in [5, 5.41) is 3.62. The smallest absolute Gasteiger partial charge is 0.165 e. The van der Waals surface area contributed by atoms with E-state index in [0.29, 0.717) is 0 Å². The van der Waals surface area contributed by atoms with E-state index >= 15 is 0 Å². The molecule has 3 nitrogen and oxygen atoms in total. The Balaban J connectivity index is 2.45. The molecular weight excluding hydrogens is 282 g/mol. The molecule has 1 atom stereocenters. The van der Waals surface area contributed by atoms with Crippen LogP contribution in [0.5, 0.6) is 11.5 Å². The van der Waals surface area contributed by atoms with Crippen LogP contribution in [-0.4, -0.2) is 20.8 Å². The van der Waals surface area contributed by atoms with E-state index in [1.165, 1.54) is 9.75 Å². The Labute approximate surface area is 130 Å². The van der Waals surface area contributed by atoms with Gasteiger partial charge in [-0.3, -0.25) is 0 Å². The Hall–Kier alpha value is -1.52. The molecule has 1 heterocycles. The fourth-order valence-electron chi connectivity index (χ4n) is 2.40. The zero-order valence-electron chi connectivity index (χ0n) is 13.1. The maximum Gasteiger partial charge on any atom is 0.165 e. The molecule has 21 heavy (non-hydrogen) atoms. The van der Waals surface area contributed by atoms with Crippen molar-refractivity contribution in [2.24, 2.45) is 0 Å². The third-order valence-corrected chi connectivity index (χ3v) is 4.45. The largest absolute Gasteiger partial charge is 0.493 e. The first kappa shape index (κ1) is 15.9. The van der Waals surface area contributed by atoms with Crippen molar-refractivity contribution >= 4 is 11.3 Å². The maximum atomic E-state index is 5.60. The van der Waals surface area contributed by atoms with Crippen LogP contribution in [0.2, 0.25) is 0 Å². The Morgan fingerprint density at radius 1 is 1.14 bits per heavy atom. The van der Waals surface area contributed by atoms with E-state index in [2.05, 4.69) is 37.4 Å². The molecule has 1 N–H and O–H groups in total. The molecule has 1 aromatic heterocycles. The standard InChI is InChI=1S/C17H23NO2S/c1-5-11-18-16(15-10-9-12(2)21-15)13-7-6-8-14(19-3)17(13)20-4/h6-10,16,18H,5,11H2,1-4H3. The molecule has 0 saturated carbocycles. The summed E-state index contributed by atoms with van der Waals surface area (Å²) in [6, 6.07) is 10.5. The van der Waals surface area contributed by atoms with Gasteiger partial charge in [-0.1, -0.05) is 19.1 Å². The number of ether oxygens (including phenoxy) is 2. The first-order valence-electron chi connectivity index (χ1n) is 7.21. The molecule has 0 amide bonds. The van der Waals surface area contributed by atoms with Crippen molar-refractivity contribution in [3.8, 4) is 11.5 Å². The van der Waals surface area contributed by atoms with Crippen LogP contribution in [-0.2, 0) is 0 Å². The highest BCUT2D eigenvalue weighted by Crippen LogP contribution is 2.38. The molecule has 4 heteroatoms. The lowest BCUT2D eigenvalue weighted by Crippen LogP contribution is -2.23. The minimum absolute atomic E-state index is 0.133. The summed E-state index contributed by atoms with van der Waals surface area (Å²) in [7, 11) is 3.36. The van der Waals surface area contributed by atoms with Crippen LogP contribution >= 0.6 is 11.3 Å². The van der Waals surface area contributed by atoms with Gasteiger partial charge in [-0.15, -0.1) is 11.3 Å². The van der Waals surface area contributed by atoms with Crippen LogP contribution in [0, 0.1) is 6.92 Å². The lowest BCUT2D eigenvalue weighted by molar-refractivity contribution is 0.349. The minimum Gasteiger partial charge on any atom is -0.493 e. The average molecular weight is 305 g/mol. The molecule has 0 aliphatic rings. The fraction of sp³-hybridized carbons (Fsp3) is 0.412. The van der Waals surface area contributed by atoms with Gasteiger partial charge < -0.3 is 14.8 Å². The summed E-state index contributed by atoms with van der Waals surface area (Å²) >= 11 is 1.81. The molecule has 0 bridgehead atoms. The minimum atomic E-state index is 0.133. The van der Waals surface area contributed by atoms with Gasteiger partial charge in [0, 0.05) is 15.3 Å². The summed E-state index contributed by atoms with van der Waals surface area (Å²) in [4.78, 5) is 2.61. The van der Waals surface area contributed by atoms with E-state index in [0.717, 1.165) is 30.0 Å². The second-order valence-corrected chi connectivity index (χ2v) is 6.24. The molecule has 0 saturated heterocycles. The van der Waals surface area contributed by atoms with E-state index in [9.17, 15) is 0 Å². The van der Waals surface area contributed by atoms with Crippen LogP contribution in [0.4, 0.5) is 0 Å². The molecule has 0 aliphatic carbocycles. The normalized spacial score (nSPS) is 12.2. The molecule has 2 rings (SSSR count). The van der Waals surface area contributed by atoms with Crippen molar-refractivity contribution in [3.63, 3.8) is 0 Å². The van der Waals surface area contributed by atoms with E-state index in [-0.39, 0.29) is 6.04 Å². The summed E-state index contributed by atoms with van der Waals surface area (Å²) in [6.07, 6.45) is 1.09. The van der Waals surface area contributed by atoms with Crippen molar-refractivity contribution in [3.05, 3.63) is 45.6 Å². The summed E-state index contributed by atoms with van der Waals surface area (Å²) in [5.41, 5.74) is 1.12. The SMILES string of the molecule is CCCNC(c1ccc(C)s1)c1cccc(OC)c1OC. The van der Waals surface area contributed by atoms with Gasteiger partial charge in [0.25, 0.3) is 0 Å². The number of methoxy groups -OCH3 is 2. The molecule has 0 radical (unpaired) electrons. The van der Waals surface area contributed by atoms with Crippen LogP contribution in [0.15, 0.2) is 30.3 Å². The molecular formula is C17H23NO2S. The second-order valence-electron chi connectivity index (χ2n) is 4.92. The average Bonchev–Trinajstić information content (AvgIpc) is 2.93. The van der Waals surface area contributed by atoms with Gasteiger partial charge in [0.15, 0.2) is 11.5 Å². The van der Waals surface area contributed by atoms with Crippen LogP contribution in [0.3, 0.4) is 0 Å². The lowest BCUT2D eigenvalue weighted by atomic mass is 10.0. The second kappa shape index (κ2) is 7.48. The predicted octanol–water partition coefficient (Wildman–Crippen LogP) is 4.16. The topological polar surface area (TPSA) is 30.5 Å². The third kappa shape index (κ3) is 3.57. The summed E-state index contributed by atoms with van der Waals surface area (Å²) < 4.78 is 11.0. The van der Waals surface area contributed by atoms with Gasteiger partial charge in [0.05, 0.1) is 20.3 Å². The van der Waals surface area contributed by atoms with Crippen molar-refractivity contribution in [2.45, 2.75) is 26.3 Å². The Kier molecular flexibility index (Phi) is 5.65. The van der Waals surface area contributed by atoms with Gasteiger partial charge in [0.1, 0.15) is 0 Å². The number of rotatable bonds is 7. The van der Waals surface area contributed by atoms with Crippen molar-refractivity contribution in [1.29, 1.82) is 0 Å². The number of para-hydroxylation sites is 1. The van der Waals surface area contributed by atoms with Gasteiger partial charge in [-0.05, 0) is 38.1 Å². The fourth-order valence-corrected chi connectivity index (χ4v) is 3.37. The predicted molar refractivity (Wildman–Crippen MR) is 88.7 cm³/mol. The number of aryl methyl sites for hydroxylation is 1. The van der Waals surface area contributed by atoms with Crippen LogP contribution in [0.25, 0.3) is 0 Å². The van der Waals surface area contributed by atoms with Gasteiger partial charge in [-0.2, -0.15) is 0 Å². The molecule has 1 aromatic carbocycles. The lowest BCUT2D eigenvalue weighted by Gasteiger charge is -2.21. The van der Waals surface area contributed by atoms with E-state index in [4.69, 9.17) is 9.47 Å².